The number of aryl methyl sites for hydroxylation is 1. The maximum Gasteiger partial charge on any atom is 0.0653 e. The van der Waals surface area contributed by atoms with Gasteiger partial charge in [-0.2, -0.15) is 0 Å². The summed E-state index contributed by atoms with van der Waals surface area (Å²) in [6.45, 7) is 1.97. The molecule has 0 aliphatic rings. The summed E-state index contributed by atoms with van der Waals surface area (Å²) in [7, 11) is 0. The van der Waals surface area contributed by atoms with E-state index in [-0.39, 0.29) is 0 Å². The van der Waals surface area contributed by atoms with Gasteiger partial charge in [-0.25, -0.2) is 0 Å². The first-order chi connectivity index (χ1) is 7.70. The van der Waals surface area contributed by atoms with Crippen molar-refractivity contribution in [3.63, 3.8) is 0 Å². The van der Waals surface area contributed by atoms with Crippen LogP contribution in [0.2, 0.25) is 0 Å². The standard InChI is InChI=1S/C13H11BrClN/c1-9-2-7-12(13(8-15)16-9)10-3-5-11(14)6-4-10/h2-7H,8H2,1H3. The molecule has 0 atom stereocenters. The summed E-state index contributed by atoms with van der Waals surface area (Å²) in [4.78, 5) is 4.45. The maximum atomic E-state index is 5.91. The minimum absolute atomic E-state index is 0.438. The number of hydrogen-bond acceptors (Lipinski definition) is 1. The third-order valence-corrected chi connectivity index (χ3v) is 3.18. The Morgan fingerprint density at radius 3 is 2.44 bits per heavy atom. The van der Waals surface area contributed by atoms with Crippen LogP contribution in [-0.4, -0.2) is 4.98 Å². The van der Waals surface area contributed by atoms with Crippen LogP contribution in [0.3, 0.4) is 0 Å². The van der Waals surface area contributed by atoms with Gasteiger partial charge in [-0.05, 0) is 30.7 Å². The second-order valence-corrected chi connectivity index (χ2v) is 4.77. The molecule has 2 rings (SSSR count). The van der Waals surface area contributed by atoms with Crippen molar-refractivity contribution in [2.24, 2.45) is 0 Å². The number of rotatable bonds is 2. The number of halogens is 2. The van der Waals surface area contributed by atoms with Crippen molar-refractivity contribution >= 4 is 27.5 Å². The van der Waals surface area contributed by atoms with Crippen LogP contribution < -0.4 is 0 Å². The molecule has 2 aromatic rings. The third-order valence-electron chi connectivity index (χ3n) is 2.40. The number of benzene rings is 1. The zero-order valence-electron chi connectivity index (χ0n) is 8.87. The van der Waals surface area contributed by atoms with Crippen LogP contribution in [0, 0.1) is 6.92 Å². The lowest BCUT2D eigenvalue weighted by atomic mass is 10.0. The van der Waals surface area contributed by atoms with Gasteiger partial charge in [-0.3, -0.25) is 4.98 Å². The summed E-state index contributed by atoms with van der Waals surface area (Å²) in [5, 5.41) is 0. The van der Waals surface area contributed by atoms with Gasteiger partial charge in [-0.1, -0.05) is 34.1 Å². The minimum Gasteiger partial charge on any atom is -0.256 e. The average Bonchev–Trinajstić information content (AvgIpc) is 2.30. The summed E-state index contributed by atoms with van der Waals surface area (Å²) in [5.74, 6) is 0.438. The quantitative estimate of drug-likeness (QED) is 0.740. The van der Waals surface area contributed by atoms with Crippen molar-refractivity contribution in [2.75, 3.05) is 0 Å². The highest BCUT2D eigenvalue weighted by Gasteiger charge is 2.05. The predicted octanol–water partition coefficient (Wildman–Crippen LogP) is 4.56. The number of hydrogen-bond donors (Lipinski definition) is 0. The van der Waals surface area contributed by atoms with Crippen LogP contribution in [0.1, 0.15) is 11.4 Å². The van der Waals surface area contributed by atoms with Crippen molar-refractivity contribution < 1.29 is 0 Å². The van der Waals surface area contributed by atoms with Crippen molar-refractivity contribution in [1.29, 1.82) is 0 Å². The first-order valence-electron chi connectivity index (χ1n) is 4.99. The average molecular weight is 297 g/mol. The van der Waals surface area contributed by atoms with E-state index in [1.807, 2.05) is 25.1 Å². The minimum atomic E-state index is 0.438. The highest BCUT2D eigenvalue weighted by molar-refractivity contribution is 9.10. The van der Waals surface area contributed by atoms with Gasteiger partial charge in [0.05, 0.1) is 11.6 Å². The van der Waals surface area contributed by atoms with Gasteiger partial charge >= 0.3 is 0 Å². The van der Waals surface area contributed by atoms with Crippen molar-refractivity contribution in [1.82, 2.24) is 4.98 Å². The third kappa shape index (κ3) is 2.45. The van der Waals surface area contributed by atoms with Gasteiger partial charge in [0, 0.05) is 15.7 Å². The molecule has 1 aromatic carbocycles. The number of pyridine rings is 1. The fourth-order valence-electron chi connectivity index (χ4n) is 1.60. The Bertz CT molecular complexity index is 494. The molecule has 82 valence electrons. The maximum absolute atomic E-state index is 5.91. The van der Waals surface area contributed by atoms with Gasteiger partial charge in [0.2, 0.25) is 0 Å². The molecule has 0 saturated carbocycles. The van der Waals surface area contributed by atoms with Crippen molar-refractivity contribution in [3.8, 4) is 11.1 Å². The summed E-state index contributed by atoms with van der Waals surface area (Å²) in [5.41, 5.74) is 4.18. The number of alkyl halides is 1. The van der Waals surface area contributed by atoms with E-state index in [4.69, 9.17) is 11.6 Å². The molecule has 0 radical (unpaired) electrons. The van der Waals surface area contributed by atoms with Crippen LogP contribution >= 0.6 is 27.5 Å². The topological polar surface area (TPSA) is 12.9 Å². The second kappa shape index (κ2) is 4.98. The molecule has 1 heterocycles. The molecule has 1 aromatic heterocycles. The summed E-state index contributed by atoms with van der Waals surface area (Å²) in [6, 6.07) is 12.2. The Morgan fingerprint density at radius 1 is 1.12 bits per heavy atom. The SMILES string of the molecule is Cc1ccc(-c2ccc(Br)cc2)c(CCl)n1. The molecule has 0 bridgehead atoms. The first kappa shape index (κ1) is 11.6. The van der Waals surface area contributed by atoms with Gasteiger partial charge in [0.25, 0.3) is 0 Å². The first-order valence-corrected chi connectivity index (χ1v) is 6.32. The van der Waals surface area contributed by atoms with E-state index in [1.165, 1.54) is 0 Å². The smallest absolute Gasteiger partial charge is 0.0653 e. The largest absolute Gasteiger partial charge is 0.256 e. The van der Waals surface area contributed by atoms with Crippen LogP contribution in [0.5, 0.6) is 0 Å². The Kier molecular flexibility index (Phi) is 3.62. The van der Waals surface area contributed by atoms with E-state index in [1.54, 1.807) is 0 Å². The van der Waals surface area contributed by atoms with Crippen LogP contribution in [0.4, 0.5) is 0 Å². The predicted molar refractivity (Wildman–Crippen MR) is 71.7 cm³/mol. The molecular weight excluding hydrogens is 286 g/mol. The van der Waals surface area contributed by atoms with E-state index in [0.29, 0.717) is 5.88 Å². The summed E-state index contributed by atoms with van der Waals surface area (Å²) in [6.07, 6.45) is 0. The van der Waals surface area contributed by atoms with Gasteiger partial charge in [0.15, 0.2) is 0 Å². The Balaban J connectivity index is 2.51. The van der Waals surface area contributed by atoms with E-state index >= 15 is 0 Å². The molecule has 0 aliphatic carbocycles. The lowest BCUT2D eigenvalue weighted by Gasteiger charge is -2.07. The molecule has 0 amide bonds. The van der Waals surface area contributed by atoms with Crippen LogP contribution in [-0.2, 0) is 5.88 Å². The van der Waals surface area contributed by atoms with Crippen LogP contribution in [0.15, 0.2) is 40.9 Å². The van der Waals surface area contributed by atoms with Crippen LogP contribution in [0.25, 0.3) is 11.1 Å². The number of aromatic nitrogens is 1. The Hall–Kier alpha value is -0.860. The summed E-state index contributed by atoms with van der Waals surface area (Å²) >= 11 is 9.34. The second-order valence-electron chi connectivity index (χ2n) is 3.59. The number of nitrogens with zero attached hydrogens (tertiary/aromatic N) is 1. The van der Waals surface area contributed by atoms with Gasteiger partial charge in [0.1, 0.15) is 0 Å². The highest BCUT2D eigenvalue weighted by Crippen LogP contribution is 2.25. The van der Waals surface area contributed by atoms with Crippen molar-refractivity contribution in [2.45, 2.75) is 12.8 Å². The summed E-state index contributed by atoms with van der Waals surface area (Å²) < 4.78 is 1.07. The highest BCUT2D eigenvalue weighted by atomic mass is 79.9. The Morgan fingerprint density at radius 2 is 1.81 bits per heavy atom. The molecule has 3 heteroatoms. The fourth-order valence-corrected chi connectivity index (χ4v) is 2.07. The molecule has 0 aliphatic heterocycles. The molecule has 0 saturated heterocycles. The lowest BCUT2D eigenvalue weighted by molar-refractivity contribution is 1.11. The normalized spacial score (nSPS) is 10.4. The molecule has 1 nitrogen and oxygen atoms in total. The fraction of sp³-hybridized carbons (Fsp3) is 0.154. The Labute approximate surface area is 109 Å². The molecule has 16 heavy (non-hydrogen) atoms. The van der Waals surface area contributed by atoms with Crippen molar-refractivity contribution in [3.05, 3.63) is 52.3 Å². The van der Waals surface area contributed by atoms with E-state index < -0.39 is 0 Å². The zero-order chi connectivity index (χ0) is 11.5. The molecule has 0 unspecified atom stereocenters. The van der Waals surface area contributed by atoms with Gasteiger partial charge < -0.3 is 0 Å². The molecule has 0 spiro atoms. The monoisotopic (exact) mass is 295 g/mol. The lowest BCUT2D eigenvalue weighted by Crippen LogP contribution is -1.93. The van der Waals surface area contributed by atoms with E-state index in [2.05, 4.69) is 39.1 Å². The zero-order valence-corrected chi connectivity index (χ0v) is 11.2. The molecule has 0 N–H and O–H groups in total. The molecular formula is C13H11BrClN. The van der Waals surface area contributed by atoms with E-state index in [9.17, 15) is 0 Å². The molecule has 0 fully saturated rings. The van der Waals surface area contributed by atoms with E-state index in [0.717, 1.165) is 27.0 Å². The van der Waals surface area contributed by atoms with Gasteiger partial charge in [-0.15, -0.1) is 11.6 Å².